The molecule has 1 aromatic rings. The van der Waals surface area contributed by atoms with E-state index in [1.165, 1.54) is 0 Å². The van der Waals surface area contributed by atoms with Gasteiger partial charge < -0.3 is 10.1 Å². The molecular weight excluding hydrogens is 345 g/mol. The summed E-state index contributed by atoms with van der Waals surface area (Å²) in [7, 11) is 1.86. The van der Waals surface area contributed by atoms with Crippen LogP contribution in [0, 0.1) is 11.7 Å². The monoisotopic (exact) mass is 363 g/mol. The lowest BCUT2D eigenvalue weighted by Crippen LogP contribution is -2.34. The fraction of sp³-hybridized carbons (Fsp3) is 0.600. The van der Waals surface area contributed by atoms with Crippen molar-refractivity contribution in [2.24, 2.45) is 5.92 Å². The smallest absolute Gasteiger partial charge is 0.147 e. The zero-order chi connectivity index (χ0) is 14.7. The SMILES string of the molecule is CCOC1CC(CC(NC)c2ccc(Br)c(Cl)c2F)C1. The van der Waals surface area contributed by atoms with E-state index in [1.54, 1.807) is 12.1 Å². The standard InChI is InChI=1S/C15H20BrClFNO/c1-3-20-10-6-9(7-10)8-13(19-2)11-4-5-12(16)14(17)15(11)18/h4-5,9-10,13,19H,3,6-8H2,1-2H3. The Labute approximate surface area is 133 Å². The molecular formula is C15H20BrClFNO. The molecule has 2 nitrogen and oxygen atoms in total. The van der Waals surface area contributed by atoms with Gasteiger partial charge in [-0.05, 0) is 61.1 Å². The maximum Gasteiger partial charge on any atom is 0.147 e. The van der Waals surface area contributed by atoms with Crippen LogP contribution in [0.15, 0.2) is 16.6 Å². The van der Waals surface area contributed by atoms with Gasteiger partial charge in [0.15, 0.2) is 0 Å². The van der Waals surface area contributed by atoms with Crippen molar-refractivity contribution in [1.82, 2.24) is 5.32 Å². The van der Waals surface area contributed by atoms with E-state index in [0.29, 0.717) is 22.1 Å². The maximum absolute atomic E-state index is 14.2. The van der Waals surface area contributed by atoms with Crippen molar-refractivity contribution in [1.29, 1.82) is 0 Å². The van der Waals surface area contributed by atoms with Gasteiger partial charge in [0.25, 0.3) is 0 Å². The lowest BCUT2D eigenvalue weighted by Gasteiger charge is -2.37. The van der Waals surface area contributed by atoms with E-state index in [-0.39, 0.29) is 16.9 Å². The molecule has 0 saturated heterocycles. The third-order valence-corrected chi connectivity index (χ3v) is 5.21. The van der Waals surface area contributed by atoms with Crippen LogP contribution in [0.25, 0.3) is 0 Å². The number of ether oxygens (including phenoxy) is 1. The molecule has 0 bridgehead atoms. The van der Waals surface area contributed by atoms with Crippen molar-refractivity contribution in [2.45, 2.75) is 38.3 Å². The van der Waals surface area contributed by atoms with Gasteiger partial charge in [-0.1, -0.05) is 17.7 Å². The zero-order valence-electron chi connectivity index (χ0n) is 11.8. The zero-order valence-corrected chi connectivity index (χ0v) is 14.1. The van der Waals surface area contributed by atoms with E-state index in [1.807, 2.05) is 14.0 Å². The number of nitrogens with one attached hydrogen (secondary N) is 1. The third kappa shape index (κ3) is 3.53. The van der Waals surface area contributed by atoms with Crippen LogP contribution in [-0.4, -0.2) is 19.8 Å². The molecule has 0 spiro atoms. The summed E-state index contributed by atoms with van der Waals surface area (Å²) in [5.41, 5.74) is 0.639. The molecule has 0 aromatic heterocycles. The van der Waals surface area contributed by atoms with Gasteiger partial charge in [0, 0.05) is 22.7 Å². The summed E-state index contributed by atoms with van der Waals surface area (Å²) < 4.78 is 20.4. The van der Waals surface area contributed by atoms with Gasteiger partial charge >= 0.3 is 0 Å². The molecule has 0 aliphatic heterocycles. The molecule has 1 unspecified atom stereocenters. The van der Waals surface area contributed by atoms with Crippen LogP contribution >= 0.6 is 27.5 Å². The first-order chi connectivity index (χ1) is 9.56. The summed E-state index contributed by atoms with van der Waals surface area (Å²) in [6.45, 7) is 2.78. The van der Waals surface area contributed by atoms with Crippen molar-refractivity contribution in [3.05, 3.63) is 33.0 Å². The molecule has 5 heteroatoms. The molecule has 1 N–H and O–H groups in total. The summed E-state index contributed by atoms with van der Waals surface area (Å²) in [5, 5.41) is 3.35. The van der Waals surface area contributed by atoms with Crippen LogP contribution in [0.4, 0.5) is 4.39 Å². The van der Waals surface area contributed by atoms with Gasteiger partial charge in [0.05, 0.1) is 11.1 Å². The molecule has 1 aliphatic rings. The van der Waals surface area contributed by atoms with Crippen LogP contribution in [0.5, 0.6) is 0 Å². The Morgan fingerprint density at radius 1 is 1.50 bits per heavy atom. The molecule has 0 heterocycles. The predicted octanol–water partition coefficient (Wildman–Crippen LogP) is 4.71. The topological polar surface area (TPSA) is 21.3 Å². The summed E-state index contributed by atoms with van der Waals surface area (Å²) in [6, 6.07) is 3.59. The molecule has 1 fully saturated rings. The highest BCUT2D eigenvalue weighted by Crippen LogP contribution is 2.38. The van der Waals surface area contributed by atoms with Crippen molar-refractivity contribution < 1.29 is 9.13 Å². The molecule has 0 amide bonds. The molecule has 0 radical (unpaired) electrons. The second-order valence-electron chi connectivity index (χ2n) is 5.26. The first kappa shape index (κ1) is 16.2. The largest absolute Gasteiger partial charge is 0.378 e. The van der Waals surface area contributed by atoms with E-state index in [4.69, 9.17) is 16.3 Å². The molecule has 2 rings (SSSR count). The summed E-state index contributed by atoms with van der Waals surface area (Å²) in [5.74, 6) is 0.256. The van der Waals surface area contributed by atoms with E-state index in [0.717, 1.165) is 25.9 Å². The Hall–Kier alpha value is -0.160. The molecule has 1 aliphatic carbocycles. The molecule has 112 valence electrons. The number of benzene rings is 1. The van der Waals surface area contributed by atoms with Gasteiger partial charge in [-0.2, -0.15) is 0 Å². The van der Waals surface area contributed by atoms with Crippen LogP contribution < -0.4 is 5.32 Å². The van der Waals surface area contributed by atoms with Crippen LogP contribution in [0.2, 0.25) is 5.02 Å². The van der Waals surface area contributed by atoms with E-state index < -0.39 is 0 Å². The molecule has 1 aromatic carbocycles. The number of halogens is 3. The van der Waals surface area contributed by atoms with Gasteiger partial charge in [-0.15, -0.1) is 0 Å². The van der Waals surface area contributed by atoms with Crippen molar-refractivity contribution in [2.75, 3.05) is 13.7 Å². The minimum absolute atomic E-state index is 0.00632. The minimum Gasteiger partial charge on any atom is -0.378 e. The number of hydrogen-bond donors (Lipinski definition) is 1. The Morgan fingerprint density at radius 2 is 2.20 bits per heavy atom. The number of hydrogen-bond acceptors (Lipinski definition) is 2. The third-order valence-electron chi connectivity index (χ3n) is 3.95. The van der Waals surface area contributed by atoms with Crippen LogP contribution in [0.3, 0.4) is 0 Å². The Balaban J connectivity index is 2.01. The van der Waals surface area contributed by atoms with E-state index in [2.05, 4.69) is 21.2 Å². The lowest BCUT2D eigenvalue weighted by atomic mass is 9.77. The summed E-state index contributed by atoms with van der Waals surface area (Å²) in [4.78, 5) is 0. The quantitative estimate of drug-likeness (QED) is 0.738. The van der Waals surface area contributed by atoms with Crippen molar-refractivity contribution in [3.63, 3.8) is 0 Å². The molecule has 20 heavy (non-hydrogen) atoms. The highest BCUT2D eigenvalue weighted by Gasteiger charge is 2.32. The van der Waals surface area contributed by atoms with Crippen molar-refractivity contribution in [3.8, 4) is 0 Å². The second kappa shape index (κ2) is 7.21. The average molecular weight is 365 g/mol. The maximum atomic E-state index is 14.2. The van der Waals surface area contributed by atoms with Crippen molar-refractivity contribution >= 4 is 27.5 Å². The minimum atomic E-state index is -0.332. The van der Waals surface area contributed by atoms with E-state index in [9.17, 15) is 4.39 Å². The Bertz CT molecular complexity index is 465. The Kier molecular flexibility index (Phi) is 5.84. The molecule has 1 saturated carbocycles. The Morgan fingerprint density at radius 3 is 2.80 bits per heavy atom. The second-order valence-corrected chi connectivity index (χ2v) is 6.49. The van der Waals surface area contributed by atoms with Gasteiger partial charge in [-0.25, -0.2) is 4.39 Å². The van der Waals surface area contributed by atoms with E-state index >= 15 is 0 Å². The fourth-order valence-electron chi connectivity index (χ4n) is 2.78. The fourth-order valence-corrected chi connectivity index (χ4v) is 3.26. The predicted molar refractivity (Wildman–Crippen MR) is 83.7 cm³/mol. The normalized spacial score (nSPS) is 23.4. The van der Waals surface area contributed by atoms with Gasteiger partial charge in [0.2, 0.25) is 0 Å². The summed E-state index contributed by atoms with van der Waals surface area (Å²) in [6.07, 6.45) is 3.44. The van der Waals surface area contributed by atoms with Gasteiger partial charge in [-0.3, -0.25) is 0 Å². The van der Waals surface area contributed by atoms with Gasteiger partial charge in [0.1, 0.15) is 5.82 Å². The number of rotatable bonds is 6. The first-order valence-corrected chi connectivity index (χ1v) is 8.16. The first-order valence-electron chi connectivity index (χ1n) is 6.99. The van der Waals surface area contributed by atoms with Crippen LogP contribution in [-0.2, 0) is 4.74 Å². The molecule has 1 atom stereocenters. The highest BCUT2D eigenvalue weighted by atomic mass is 79.9. The average Bonchev–Trinajstić information content (AvgIpc) is 2.40. The summed E-state index contributed by atoms with van der Waals surface area (Å²) >= 11 is 9.21. The van der Waals surface area contributed by atoms with Crippen LogP contribution in [0.1, 0.15) is 37.8 Å². The lowest BCUT2D eigenvalue weighted by molar-refractivity contribution is -0.0290. The highest BCUT2D eigenvalue weighted by molar-refractivity contribution is 9.10.